The third-order valence-corrected chi connectivity index (χ3v) is 4.34. The second kappa shape index (κ2) is 5.75. The van der Waals surface area contributed by atoms with Gasteiger partial charge in [-0.2, -0.15) is 4.98 Å². The lowest BCUT2D eigenvalue weighted by Gasteiger charge is -2.04. The van der Waals surface area contributed by atoms with Crippen LogP contribution < -0.4 is 5.73 Å². The lowest BCUT2D eigenvalue weighted by Crippen LogP contribution is -1.97. The fourth-order valence-electron chi connectivity index (χ4n) is 3.03. The molecule has 0 aliphatic heterocycles. The van der Waals surface area contributed by atoms with Crippen LogP contribution in [0.3, 0.4) is 0 Å². The summed E-state index contributed by atoms with van der Waals surface area (Å²) >= 11 is 0. The summed E-state index contributed by atoms with van der Waals surface area (Å²) < 4.78 is 5.43. The zero-order chi connectivity index (χ0) is 13.9. The number of rotatable bonds is 4. The van der Waals surface area contributed by atoms with Crippen LogP contribution in [0.2, 0.25) is 0 Å². The Hall–Kier alpha value is -1.68. The number of hydrogen-bond acceptors (Lipinski definition) is 4. The van der Waals surface area contributed by atoms with Crippen molar-refractivity contribution in [1.82, 2.24) is 10.1 Å². The molecule has 106 valence electrons. The van der Waals surface area contributed by atoms with Crippen molar-refractivity contribution >= 4 is 0 Å². The van der Waals surface area contributed by atoms with E-state index < -0.39 is 0 Å². The van der Waals surface area contributed by atoms with Crippen LogP contribution in [-0.4, -0.2) is 10.1 Å². The minimum Gasteiger partial charge on any atom is -0.334 e. The van der Waals surface area contributed by atoms with Crippen molar-refractivity contribution in [2.45, 2.75) is 45.1 Å². The van der Waals surface area contributed by atoms with Crippen LogP contribution in [0.15, 0.2) is 28.8 Å². The first-order chi connectivity index (χ1) is 9.80. The molecule has 0 bridgehead atoms. The van der Waals surface area contributed by atoms with E-state index in [2.05, 4.69) is 17.1 Å². The minimum atomic E-state index is 0.468. The lowest BCUT2D eigenvalue weighted by molar-refractivity contribution is 0.413. The van der Waals surface area contributed by atoms with Crippen molar-refractivity contribution in [1.29, 1.82) is 0 Å². The zero-order valence-corrected chi connectivity index (χ0v) is 11.9. The van der Waals surface area contributed by atoms with E-state index in [1.54, 1.807) is 0 Å². The molecule has 1 aromatic carbocycles. The first kappa shape index (κ1) is 13.3. The number of hydrogen-bond donors (Lipinski definition) is 1. The molecule has 2 aromatic rings. The standard InChI is InChI=1S/C16H21N3O/c1-2-11-6-7-13(8-11)15-18-16(20-19-15)14-5-3-4-12(9-14)10-17/h3-5,9,11,13H,2,6-8,10,17H2,1H3. The topological polar surface area (TPSA) is 64.9 Å². The first-order valence-electron chi connectivity index (χ1n) is 7.43. The van der Waals surface area contributed by atoms with Gasteiger partial charge in [0.25, 0.3) is 5.89 Å². The van der Waals surface area contributed by atoms with E-state index >= 15 is 0 Å². The van der Waals surface area contributed by atoms with Crippen LogP contribution in [0.25, 0.3) is 11.5 Å². The van der Waals surface area contributed by atoms with Gasteiger partial charge in [-0.15, -0.1) is 0 Å². The summed E-state index contributed by atoms with van der Waals surface area (Å²) in [5, 5.41) is 4.18. The van der Waals surface area contributed by atoms with E-state index in [1.165, 1.54) is 25.7 Å². The van der Waals surface area contributed by atoms with Crippen molar-refractivity contribution < 1.29 is 4.52 Å². The molecule has 20 heavy (non-hydrogen) atoms. The third-order valence-electron chi connectivity index (χ3n) is 4.34. The normalized spacial score (nSPS) is 22.3. The number of nitrogens with two attached hydrogens (primary N) is 1. The predicted molar refractivity (Wildman–Crippen MR) is 78.0 cm³/mol. The van der Waals surface area contributed by atoms with Gasteiger partial charge in [0.1, 0.15) is 0 Å². The summed E-state index contributed by atoms with van der Waals surface area (Å²) in [5.41, 5.74) is 7.70. The Balaban J connectivity index is 1.79. The SMILES string of the molecule is CCC1CCC(c2noc(-c3cccc(CN)c3)n2)C1. The maximum Gasteiger partial charge on any atom is 0.257 e. The molecule has 4 nitrogen and oxygen atoms in total. The summed E-state index contributed by atoms with van der Waals surface area (Å²) in [7, 11) is 0. The van der Waals surface area contributed by atoms with Gasteiger partial charge in [-0.1, -0.05) is 30.6 Å². The molecule has 0 amide bonds. The number of benzene rings is 1. The Bertz CT molecular complexity index is 579. The van der Waals surface area contributed by atoms with Crippen molar-refractivity contribution in [3.05, 3.63) is 35.7 Å². The smallest absolute Gasteiger partial charge is 0.257 e. The lowest BCUT2D eigenvalue weighted by atomic mass is 10.0. The van der Waals surface area contributed by atoms with Crippen molar-refractivity contribution in [3.8, 4) is 11.5 Å². The first-order valence-corrected chi connectivity index (χ1v) is 7.43. The van der Waals surface area contributed by atoms with Crippen LogP contribution in [0.4, 0.5) is 0 Å². The Morgan fingerprint density at radius 3 is 3.00 bits per heavy atom. The molecule has 1 aliphatic carbocycles. The average molecular weight is 271 g/mol. The molecule has 2 N–H and O–H groups in total. The van der Waals surface area contributed by atoms with Crippen LogP contribution in [0.1, 0.15) is 49.9 Å². The van der Waals surface area contributed by atoms with Gasteiger partial charge in [0.2, 0.25) is 0 Å². The summed E-state index contributed by atoms with van der Waals surface area (Å²) in [6.07, 6.45) is 4.91. The summed E-state index contributed by atoms with van der Waals surface area (Å²) in [5.74, 6) is 2.77. The highest BCUT2D eigenvalue weighted by molar-refractivity contribution is 5.54. The zero-order valence-electron chi connectivity index (χ0n) is 11.9. The number of aromatic nitrogens is 2. The molecule has 0 saturated heterocycles. The second-order valence-electron chi connectivity index (χ2n) is 5.65. The molecule has 1 aromatic heterocycles. The summed E-state index contributed by atoms with van der Waals surface area (Å²) in [6, 6.07) is 7.98. The van der Waals surface area contributed by atoms with Crippen LogP contribution in [0, 0.1) is 5.92 Å². The maximum atomic E-state index is 5.67. The van der Waals surface area contributed by atoms with E-state index in [-0.39, 0.29) is 0 Å². The molecule has 3 rings (SSSR count). The molecule has 1 fully saturated rings. The van der Waals surface area contributed by atoms with Crippen LogP contribution >= 0.6 is 0 Å². The molecular weight excluding hydrogens is 250 g/mol. The van der Waals surface area contributed by atoms with Gasteiger partial charge in [0.05, 0.1) is 0 Å². The van der Waals surface area contributed by atoms with Crippen molar-refractivity contribution in [3.63, 3.8) is 0 Å². The molecule has 2 unspecified atom stereocenters. The van der Waals surface area contributed by atoms with E-state index in [9.17, 15) is 0 Å². The monoisotopic (exact) mass is 271 g/mol. The molecule has 1 saturated carbocycles. The predicted octanol–water partition coefficient (Wildman–Crippen LogP) is 3.49. The van der Waals surface area contributed by atoms with Gasteiger partial charge in [-0.05, 0) is 42.9 Å². The highest BCUT2D eigenvalue weighted by atomic mass is 16.5. The molecule has 2 atom stereocenters. The maximum absolute atomic E-state index is 5.67. The molecule has 1 aliphatic rings. The van der Waals surface area contributed by atoms with Gasteiger partial charge in [-0.25, -0.2) is 0 Å². The van der Waals surface area contributed by atoms with Gasteiger partial charge in [0.15, 0.2) is 5.82 Å². The van der Waals surface area contributed by atoms with E-state index in [1.807, 2.05) is 24.3 Å². The average Bonchev–Trinajstić information content (AvgIpc) is 3.15. The van der Waals surface area contributed by atoms with Crippen molar-refractivity contribution in [2.75, 3.05) is 0 Å². The Labute approximate surface area is 119 Å². The highest BCUT2D eigenvalue weighted by Crippen LogP contribution is 2.38. The quantitative estimate of drug-likeness (QED) is 0.924. The van der Waals surface area contributed by atoms with Gasteiger partial charge in [-0.3, -0.25) is 0 Å². The van der Waals surface area contributed by atoms with Crippen molar-refractivity contribution in [2.24, 2.45) is 11.7 Å². The Kier molecular flexibility index (Phi) is 3.83. The Morgan fingerprint density at radius 1 is 1.35 bits per heavy atom. The molecule has 1 heterocycles. The molecule has 0 radical (unpaired) electrons. The minimum absolute atomic E-state index is 0.468. The van der Waals surface area contributed by atoms with Gasteiger partial charge < -0.3 is 10.3 Å². The van der Waals surface area contributed by atoms with Crippen LogP contribution in [0.5, 0.6) is 0 Å². The fourth-order valence-corrected chi connectivity index (χ4v) is 3.03. The van der Waals surface area contributed by atoms with E-state index in [0.29, 0.717) is 18.4 Å². The molecule has 0 spiro atoms. The van der Waals surface area contributed by atoms with E-state index in [0.717, 1.165) is 22.9 Å². The van der Waals surface area contributed by atoms with E-state index in [4.69, 9.17) is 10.3 Å². The molecule has 4 heteroatoms. The van der Waals surface area contributed by atoms with Crippen LogP contribution in [-0.2, 0) is 6.54 Å². The Morgan fingerprint density at radius 2 is 2.25 bits per heavy atom. The van der Waals surface area contributed by atoms with Gasteiger partial charge >= 0.3 is 0 Å². The number of nitrogens with zero attached hydrogens (tertiary/aromatic N) is 2. The fraction of sp³-hybridized carbons (Fsp3) is 0.500. The molecular formula is C16H21N3O. The third kappa shape index (κ3) is 2.61. The largest absolute Gasteiger partial charge is 0.334 e. The summed E-state index contributed by atoms with van der Waals surface area (Å²) in [4.78, 5) is 4.59. The second-order valence-corrected chi connectivity index (χ2v) is 5.65. The highest BCUT2D eigenvalue weighted by Gasteiger charge is 2.28. The summed E-state index contributed by atoms with van der Waals surface area (Å²) in [6.45, 7) is 2.78. The van der Waals surface area contributed by atoms with Gasteiger partial charge in [0, 0.05) is 18.0 Å².